The number of methoxy groups -OCH3 is 1. The number of nitrogen functional groups attached to an aromatic ring is 1. The van der Waals surface area contributed by atoms with Gasteiger partial charge in [-0.05, 0) is 18.6 Å². The van der Waals surface area contributed by atoms with Crippen LogP contribution in [-0.4, -0.2) is 41.3 Å². The number of nitrogens with one attached hydrogen (secondary N) is 2. The van der Waals surface area contributed by atoms with Crippen LogP contribution in [0.25, 0.3) is 0 Å². The Morgan fingerprint density at radius 3 is 2.83 bits per heavy atom. The third-order valence-electron chi connectivity index (χ3n) is 3.32. The second kappa shape index (κ2) is 6.61. The molecule has 0 bridgehead atoms. The van der Waals surface area contributed by atoms with Crippen LogP contribution in [0.1, 0.15) is 6.42 Å². The van der Waals surface area contributed by atoms with E-state index < -0.39 is 5.82 Å². The molecule has 1 aliphatic heterocycles. The number of nitrogens with two attached hydrogens (primary N) is 1. The summed E-state index contributed by atoms with van der Waals surface area (Å²) >= 11 is 0. The van der Waals surface area contributed by atoms with E-state index in [1.165, 1.54) is 19.2 Å². The van der Waals surface area contributed by atoms with Crippen molar-refractivity contribution in [1.29, 1.82) is 0 Å². The molecule has 1 unspecified atom stereocenters. The molecule has 4 N–H and O–H groups in total. The zero-order valence-electron chi connectivity index (χ0n) is 12.5. The van der Waals surface area contributed by atoms with Crippen LogP contribution in [0, 0.1) is 5.82 Å². The normalized spacial score (nSPS) is 17.0. The van der Waals surface area contributed by atoms with Gasteiger partial charge in [0.1, 0.15) is 0 Å². The fourth-order valence-corrected chi connectivity index (χ4v) is 2.22. The first-order valence-electron chi connectivity index (χ1n) is 7.10. The summed E-state index contributed by atoms with van der Waals surface area (Å²) in [6.07, 6.45) is 0.873. The van der Waals surface area contributed by atoms with E-state index in [9.17, 15) is 4.39 Å². The molecule has 3 rings (SSSR count). The molecule has 1 saturated heterocycles. The van der Waals surface area contributed by atoms with E-state index in [0.29, 0.717) is 24.8 Å². The number of nitrogens with zero attached hydrogens (tertiary/aromatic N) is 3. The first-order valence-corrected chi connectivity index (χ1v) is 7.10. The molecule has 9 heteroatoms. The summed E-state index contributed by atoms with van der Waals surface area (Å²) < 4.78 is 23.9. The Morgan fingerprint density at radius 1 is 1.30 bits per heavy atom. The molecular formula is C14H17FN6O2. The summed E-state index contributed by atoms with van der Waals surface area (Å²) in [6, 6.07) is 4.59. The van der Waals surface area contributed by atoms with Crippen molar-refractivity contribution in [1.82, 2.24) is 15.0 Å². The molecule has 2 heterocycles. The topological polar surface area (TPSA) is 107 Å². The van der Waals surface area contributed by atoms with Gasteiger partial charge in [-0.1, -0.05) is 0 Å². The molecule has 0 radical (unpaired) electrons. The maximum absolute atomic E-state index is 13.7. The Bertz CT molecular complexity index is 693. The number of anilines is 4. The number of hydrogen-bond acceptors (Lipinski definition) is 8. The molecule has 1 aliphatic rings. The minimum absolute atomic E-state index is 0.0675. The Kier molecular flexibility index (Phi) is 4.38. The maximum Gasteiger partial charge on any atom is 0.233 e. The average molecular weight is 320 g/mol. The van der Waals surface area contributed by atoms with E-state index in [1.807, 2.05) is 0 Å². The lowest BCUT2D eigenvalue weighted by atomic mass is 10.3. The van der Waals surface area contributed by atoms with Crippen LogP contribution in [0.15, 0.2) is 18.2 Å². The first kappa shape index (κ1) is 15.2. The van der Waals surface area contributed by atoms with Crippen molar-refractivity contribution < 1.29 is 13.9 Å². The summed E-state index contributed by atoms with van der Waals surface area (Å²) in [6.45, 7) is 1.30. The maximum atomic E-state index is 13.7. The Balaban J connectivity index is 1.76. The van der Waals surface area contributed by atoms with Crippen LogP contribution >= 0.6 is 0 Å². The molecule has 1 aromatic carbocycles. The Hall–Kier alpha value is -2.68. The summed E-state index contributed by atoms with van der Waals surface area (Å²) in [5.74, 6) is 0.321. The van der Waals surface area contributed by atoms with Gasteiger partial charge in [-0.3, -0.25) is 0 Å². The van der Waals surface area contributed by atoms with Crippen molar-refractivity contribution in [3.8, 4) is 5.75 Å². The largest absolute Gasteiger partial charge is 0.494 e. The first-order chi connectivity index (χ1) is 11.1. The van der Waals surface area contributed by atoms with Gasteiger partial charge in [-0.2, -0.15) is 15.0 Å². The van der Waals surface area contributed by atoms with Gasteiger partial charge in [0.05, 0.1) is 19.8 Å². The number of aromatic nitrogens is 3. The van der Waals surface area contributed by atoms with E-state index in [4.69, 9.17) is 15.2 Å². The molecule has 0 amide bonds. The predicted molar refractivity (Wildman–Crippen MR) is 83.3 cm³/mol. The van der Waals surface area contributed by atoms with E-state index in [0.717, 1.165) is 6.42 Å². The molecule has 0 aliphatic carbocycles. The Morgan fingerprint density at radius 2 is 2.13 bits per heavy atom. The molecule has 1 atom stereocenters. The lowest BCUT2D eigenvalue weighted by molar-refractivity contribution is 0.195. The van der Waals surface area contributed by atoms with Crippen molar-refractivity contribution in [3.63, 3.8) is 0 Å². The molecule has 122 valence electrons. The summed E-state index contributed by atoms with van der Waals surface area (Å²) in [5.41, 5.74) is 6.17. The predicted octanol–water partition coefficient (Wildman–Crippen LogP) is 1.55. The minimum atomic E-state index is -0.485. The Labute approximate surface area is 132 Å². The van der Waals surface area contributed by atoms with Crippen molar-refractivity contribution in [2.75, 3.05) is 36.7 Å². The third kappa shape index (κ3) is 3.75. The van der Waals surface area contributed by atoms with Crippen LogP contribution in [0.5, 0.6) is 5.75 Å². The lowest BCUT2D eigenvalue weighted by Crippen LogP contribution is -2.21. The highest BCUT2D eigenvalue weighted by atomic mass is 19.1. The molecule has 0 saturated carbocycles. The van der Waals surface area contributed by atoms with Crippen LogP contribution in [-0.2, 0) is 4.74 Å². The van der Waals surface area contributed by atoms with Crippen molar-refractivity contribution in [2.45, 2.75) is 12.5 Å². The van der Waals surface area contributed by atoms with Crippen LogP contribution in [0.3, 0.4) is 0 Å². The summed E-state index contributed by atoms with van der Waals surface area (Å²) in [7, 11) is 1.41. The number of benzene rings is 1. The molecule has 23 heavy (non-hydrogen) atoms. The number of rotatable bonds is 5. The summed E-state index contributed by atoms with van der Waals surface area (Å²) in [4.78, 5) is 12.3. The molecule has 8 nitrogen and oxygen atoms in total. The molecule has 2 aromatic rings. The second-order valence-electron chi connectivity index (χ2n) is 5.02. The highest BCUT2D eigenvalue weighted by molar-refractivity contribution is 5.56. The average Bonchev–Trinajstić information content (AvgIpc) is 2.99. The molecular weight excluding hydrogens is 303 g/mol. The van der Waals surface area contributed by atoms with E-state index >= 15 is 0 Å². The van der Waals surface area contributed by atoms with Gasteiger partial charge in [0.25, 0.3) is 0 Å². The van der Waals surface area contributed by atoms with Gasteiger partial charge in [0.15, 0.2) is 11.6 Å². The van der Waals surface area contributed by atoms with Gasteiger partial charge in [0.2, 0.25) is 17.8 Å². The standard InChI is InChI=1S/C14H17FN6O2/c1-22-11-3-2-8(6-10(11)15)17-13-19-12(16)20-14(21-13)18-9-4-5-23-7-9/h2-3,6,9H,4-5,7H2,1H3,(H4,16,17,18,19,20,21). The van der Waals surface area contributed by atoms with Gasteiger partial charge < -0.3 is 25.8 Å². The molecule has 1 aromatic heterocycles. The van der Waals surface area contributed by atoms with Crippen LogP contribution < -0.4 is 21.1 Å². The van der Waals surface area contributed by atoms with Crippen LogP contribution in [0.2, 0.25) is 0 Å². The number of halogens is 1. The fourth-order valence-electron chi connectivity index (χ4n) is 2.22. The number of hydrogen-bond donors (Lipinski definition) is 3. The van der Waals surface area contributed by atoms with Gasteiger partial charge in [-0.25, -0.2) is 4.39 Å². The highest BCUT2D eigenvalue weighted by Crippen LogP contribution is 2.23. The minimum Gasteiger partial charge on any atom is -0.494 e. The number of ether oxygens (including phenoxy) is 2. The highest BCUT2D eigenvalue weighted by Gasteiger charge is 2.17. The van der Waals surface area contributed by atoms with E-state index in [2.05, 4.69) is 25.6 Å². The third-order valence-corrected chi connectivity index (χ3v) is 3.32. The zero-order chi connectivity index (χ0) is 16.2. The molecule has 0 spiro atoms. The van der Waals surface area contributed by atoms with Crippen molar-refractivity contribution >= 4 is 23.5 Å². The SMILES string of the molecule is COc1ccc(Nc2nc(N)nc(NC3CCOC3)n2)cc1F. The van der Waals surface area contributed by atoms with Gasteiger partial charge in [-0.15, -0.1) is 0 Å². The van der Waals surface area contributed by atoms with Crippen molar-refractivity contribution in [2.24, 2.45) is 0 Å². The van der Waals surface area contributed by atoms with E-state index in [1.54, 1.807) is 6.07 Å². The van der Waals surface area contributed by atoms with E-state index in [-0.39, 0.29) is 23.7 Å². The second-order valence-corrected chi connectivity index (χ2v) is 5.02. The van der Waals surface area contributed by atoms with Gasteiger partial charge >= 0.3 is 0 Å². The summed E-state index contributed by atoms with van der Waals surface area (Å²) in [5, 5.41) is 6.03. The van der Waals surface area contributed by atoms with Crippen LogP contribution in [0.4, 0.5) is 27.9 Å². The quantitative estimate of drug-likeness (QED) is 0.761. The zero-order valence-corrected chi connectivity index (χ0v) is 12.5. The fraction of sp³-hybridized carbons (Fsp3) is 0.357. The monoisotopic (exact) mass is 320 g/mol. The lowest BCUT2D eigenvalue weighted by Gasteiger charge is -2.12. The smallest absolute Gasteiger partial charge is 0.233 e. The molecule has 1 fully saturated rings. The van der Waals surface area contributed by atoms with Crippen molar-refractivity contribution in [3.05, 3.63) is 24.0 Å². The van der Waals surface area contributed by atoms with Gasteiger partial charge in [0, 0.05) is 18.4 Å².